The molecule has 0 saturated carbocycles. The van der Waals surface area contributed by atoms with E-state index in [0.29, 0.717) is 25.9 Å². The van der Waals surface area contributed by atoms with Crippen molar-refractivity contribution < 1.29 is 14.6 Å². The summed E-state index contributed by atoms with van der Waals surface area (Å²) in [4.78, 5) is 13.4. The second kappa shape index (κ2) is 4.82. The fourth-order valence-corrected chi connectivity index (χ4v) is 1.86. The first-order valence-corrected chi connectivity index (χ1v) is 6.10. The Hall–Kier alpha value is -0.810. The van der Waals surface area contributed by atoms with Crippen molar-refractivity contribution in [2.75, 3.05) is 13.1 Å². The van der Waals surface area contributed by atoms with Crippen molar-refractivity contribution >= 4 is 6.09 Å². The van der Waals surface area contributed by atoms with E-state index in [1.807, 2.05) is 20.8 Å². The van der Waals surface area contributed by atoms with Gasteiger partial charge in [-0.15, -0.1) is 0 Å². The molecule has 17 heavy (non-hydrogen) atoms. The zero-order valence-electron chi connectivity index (χ0n) is 11.2. The Bertz CT molecular complexity index is 276. The molecule has 100 valence electrons. The monoisotopic (exact) mass is 244 g/mol. The lowest BCUT2D eigenvalue weighted by Crippen LogP contribution is -2.55. The molecule has 1 atom stereocenters. The third-order valence-electron chi connectivity index (χ3n) is 3.13. The molecule has 0 bridgehead atoms. The van der Waals surface area contributed by atoms with Gasteiger partial charge in [0.25, 0.3) is 0 Å². The van der Waals surface area contributed by atoms with Gasteiger partial charge in [0.15, 0.2) is 0 Å². The summed E-state index contributed by atoms with van der Waals surface area (Å²) in [6.07, 6.45) is 0.692. The van der Waals surface area contributed by atoms with E-state index >= 15 is 0 Å². The highest BCUT2D eigenvalue weighted by Crippen LogP contribution is 2.25. The zero-order valence-corrected chi connectivity index (χ0v) is 11.2. The molecule has 1 rings (SSSR count). The Balaban J connectivity index is 2.50. The average molecular weight is 244 g/mol. The summed E-state index contributed by atoms with van der Waals surface area (Å²) in [5, 5.41) is 10.2. The second-order valence-corrected chi connectivity index (χ2v) is 5.86. The quantitative estimate of drug-likeness (QED) is 0.724. The first kappa shape index (κ1) is 14.3. The predicted octanol–water partition coefficient (Wildman–Crippen LogP) is 1.10. The van der Waals surface area contributed by atoms with E-state index in [-0.39, 0.29) is 12.1 Å². The molecule has 1 saturated heterocycles. The number of amides is 1. The van der Waals surface area contributed by atoms with Crippen molar-refractivity contribution in [3.05, 3.63) is 0 Å². The van der Waals surface area contributed by atoms with Crippen LogP contribution in [-0.4, -0.2) is 46.4 Å². The topological polar surface area (TPSA) is 75.8 Å². The normalized spacial score (nSPS) is 22.1. The van der Waals surface area contributed by atoms with Crippen LogP contribution in [-0.2, 0) is 4.74 Å². The number of nitrogens with two attached hydrogens (primary N) is 1. The molecule has 0 aliphatic carbocycles. The molecule has 1 aliphatic rings. The molecule has 1 amide bonds. The molecule has 0 aromatic heterocycles. The summed E-state index contributed by atoms with van der Waals surface area (Å²) in [6.45, 7) is 8.30. The van der Waals surface area contributed by atoms with E-state index in [9.17, 15) is 9.90 Å². The summed E-state index contributed by atoms with van der Waals surface area (Å²) in [5.41, 5.74) is 4.41. The SMILES string of the molecule is C[C@@H](N)C1(O)CCN(C(=O)OC(C)(C)C)CC1. The maximum atomic E-state index is 11.8. The number of hydrogen-bond donors (Lipinski definition) is 2. The number of piperidine rings is 1. The Kier molecular flexibility index (Phi) is 4.04. The van der Waals surface area contributed by atoms with Crippen molar-refractivity contribution in [1.82, 2.24) is 4.90 Å². The van der Waals surface area contributed by atoms with Crippen LogP contribution in [0.15, 0.2) is 0 Å². The maximum absolute atomic E-state index is 11.8. The van der Waals surface area contributed by atoms with Crippen LogP contribution < -0.4 is 5.73 Å². The Morgan fingerprint density at radius 1 is 1.41 bits per heavy atom. The van der Waals surface area contributed by atoms with E-state index in [4.69, 9.17) is 10.5 Å². The van der Waals surface area contributed by atoms with Gasteiger partial charge in [0.05, 0.1) is 5.60 Å². The zero-order chi connectivity index (χ0) is 13.3. The second-order valence-electron chi connectivity index (χ2n) is 5.86. The number of aliphatic hydroxyl groups is 1. The number of likely N-dealkylation sites (tertiary alicyclic amines) is 1. The van der Waals surface area contributed by atoms with Gasteiger partial charge < -0.3 is 20.5 Å². The lowest BCUT2D eigenvalue weighted by molar-refractivity contribution is -0.0435. The number of ether oxygens (including phenoxy) is 1. The number of carbonyl (C=O) groups excluding carboxylic acids is 1. The Morgan fingerprint density at radius 2 is 1.88 bits per heavy atom. The molecular formula is C12H24N2O3. The smallest absolute Gasteiger partial charge is 0.410 e. The largest absolute Gasteiger partial charge is 0.444 e. The van der Waals surface area contributed by atoms with E-state index in [2.05, 4.69) is 0 Å². The number of rotatable bonds is 1. The summed E-state index contributed by atoms with van der Waals surface area (Å²) in [6, 6.07) is -0.275. The Morgan fingerprint density at radius 3 is 2.24 bits per heavy atom. The first-order chi connectivity index (χ1) is 7.64. The predicted molar refractivity (Wildman–Crippen MR) is 65.6 cm³/mol. The van der Waals surface area contributed by atoms with Gasteiger partial charge in [-0.3, -0.25) is 0 Å². The highest BCUT2D eigenvalue weighted by molar-refractivity contribution is 5.68. The van der Waals surface area contributed by atoms with Gasteiger partial charge >= 0.3 is 6.09 Å². The molecule has 0 unspecified atom stereocenters. The summed E-state index contributed by atoms with van der Waals surface area (Å²) >= 11 is 0. The molecule has 0 radical (unpaired) electrons. The van der Waals surface area contributed by atoms with Crippen LogP contribution >= 0.6 is 0 Å². The number of nitrogens with zero attached hydrogens (tertiary/aromatic N) is 1. The van der Waals surface area contributed by atoms with Gasteiger partial charge in [0.1, 0.15) is 5.60 Å². The summed E-state index contributed by atoms with van der Waals surface area (Å²) in [5.74, 6) is 0. The lowest BCUT2D eigenvalue weighted by Gasteiger charge is -2.40. The fraction of sp³-hybridized carbons (Fsp3) is 0.917. The highest BCUT2D eigenvalue weighted by Gasteiger charge is 2.37. The van der Waals surface area contributed by atoms with Gasteiger partial charge in [0.2, 0.25) is 0 Å². The van der Waals surface area contributed by atoms with Crippen LogP contribution in [0.4, 0.5) is 4.79 Å². The molecular weight excluding hydrogens is 220 g/mol. The molecule has 0 aromatic rings. The summed E-state index contributed by atoms with van der Waals surface area (Å²) < 4.78 is 5.28. The van der Waals surface area contributed by atoms with E-state index in [0.717, 1.165) is 0 Å². The van der Waals surface area contributed by atoms with Crippen molar-refractivity contribution in [3.8, 4) is 0 Å². The first-order valence-electron chi connectivity index (χ1n) is 6.10. The van der Waals surface area contributed by atoms with Crippen molar-refractivity contribution in [2.45, 2.75) is 57.8 Å². The number of carbonyl (C=O) groups is 1. The van der Waals surface area contributed by atoms with Crippen LogP contribution in [0, 0.1) is 0 Å². The minimum Gasteiger partial charge on any atom is -0.444 e. The van der Waals surface area contributed by atoms with Crippen LogP contribution in [0.5, 0.6) is 0 Å². The highest BCUT2D eigenvalue weighted by atomic mass is 16.6. The van der Waals surface area contributed by atoms with Crippen molar-refractivity contribution in [3.63, 3.8) is 0 Å². The molecule has 1 aliphatic heterocycles. The standard InChI is InChI=1S/C12H24N2O3/c1-9(13)12(16)5-7-14(8-6-12)10(15)17-11(2,3)4/h9,16H,5-8,13H2,1-4H3/t9-/m1/s1. The van der Waals surface area contributed by atoms with Gasteiger partial charge in [-0.25, -0.2) is 4.79 Å². The molecule has 1 heterocycles. The van der Waals surface area contributed by atoms with Crippen LogP contribution in [0.3, 0.4) is 0 Å². The van der Waals surface area contributed by atoms with Crippen molar-refractivity contribution in [1.29, 1.82) is 0 Å². The minimum absolute atomic E-state index is 0.275. The van der Waals surface area contributed by atoms with E-state index in [1.54, 1.807) is 11.8 Å². The molecule has 1 fully saturated rings. The Labute approximate surface area is 103 Å². The molecule has 3 N–H and O–H groups in total. The summed E-state index contributed by atoms with van der Waals surface area (Å²) in [7, 11) is 0. The molecule has 0 spiro atoms. The van der Waals surface area contributed by atoms with Crippen LogP contribution in [0.2, 0.25) is 0 Å². The maximum Gasteiger partial charge on any atom is 0.410 e. The van der Waals surface area contributed by atoms with Crippen molar-refractivity contribution in [2.24, 2.45) is 5.73 Å². The van der Waals surface area contributed by atoms with E-state index < -0.39 is 11.2 Å². The third-order valence-corrected chi connectivity index (χ3v) is 3.13. The number of hydrogen-bond acceptors (Lipinski definition) is 4. The molecule has 0 aromatic carbocycles. The fourth-order valence-electron chi connectivity index (χ4n) is 1.86. The third kappa shape index (κ3) is 3.85. The van der Waals surface area contributed by atoms with Gasteiger partial charge in [-0.2, -0.15) is 0 Å². The van der Waals surface area contributed by atoms with Gasteiger partial charge in [0, 0.05) is 19.1 Å². The molecule has 5 nitrogen and oxygen atoms in total. The minimum atomic E-state index is -0.849. The average Bonchev–Trinajstić information content (AvgIpc) is 2.15. The van der Waals surface area contributed by atoms with E-state index in [1.165, 1.54) is 0 Å². The van der Waals surface area contributed by atoms with Gasteiger partial charge in [-0.05, 0) is 40.5 Å². The molecule has 5 heteroatoms. The van der Waals surface area contributed by atoms with Crippen LogP contribution in [0.1, 0.15) is 40.5 Å². The lowest BCUT2D eigenvalue weighted by atomic mass is 9.86. The van der Waals surface area contributed by atoms with Crippen LogP contribution in [0.25, 0.3) is 0 Å². The van der Waals surface area contributed by atoms with Gasteiger partial charge in [-0.1, -0.05) is 0 Å².